The fourth-order valence-electron chi connectivity index (χ4n) is 2.46. The molecular formula is C19H22N2O4. The van der Waals surface area contributed by atoms with Gasteiger partial charge in [-0.2, -0.15) is 0 Å². The largest absolute Gasteiger partial charge is 0.464 e. The summed E-state index contributed by atoms with van der Waals surface area (Å²) in [5.74, 6) is -1.14. The van der Waals surface area contributed by atoms with Crippen molar-refractivity contribution in [2.24, 2.45) is 0 Å². The first-order valence-electron chi connectivity index (χ1n) is 8.07. The van der Waals surface area contributed by atoms with E-state index in [0.29, 0.717) is 11.1 Å². The van der Waals surface area contributed by atoms with Crippen molar-refractivity contribution in [3.63, 3.8) is 0 Å². The van der Waals surface area contributed by atoms with Crippen molar-refractivity contribution >= 4 is 11.9 Å². The van der Waals surface area contributed by atoms with Crippen LogP contribution in [0.15, 0.2) is 42.7 Å². The molecular weight excluding hydrogens is 320 g/mol. The minimum absolute atomic E-state index is 0.147. The molecule has 0 aliphatic heterocycles. The summed E-state index contributed by atoms with van der Waals surface area (Å²) in [6, 6.07) is 7.40. The standard InChI is InChI=1S/C19H22N2O4/c1-4-25-19(24)16(17(22)14-8-6-10-20-11-14)21-18(23)15-9-5-7-12(2)13(15)3/h5-11,16-17,22H,4H2,1-3H3,(H,21,23)/t16-,17+/m1/s1. The molecule has 1 aromatic carbocycles. The van der Waals surface area contributed by atoms with Gasteiger partial charge in [-0.05, 0) is 44.0 Å². The van der Waals surface area contributed by atoms with Gasteiger partial charge in [0.2, 0.25) is 0 Å². The SMILES string of the molecule is CCOC(=O)[C@H](NC(=O)c1cccc(C)c1C)[C@@H](O)c1cccnc1. The number of benzene rings is 1. The van der Waals surface area contributed by atoms with Crippen LogP contribution >= 0.6 is 0 Å². The van der Waals surface area contributed by atoms with Gasteiger partial charge in [0, 0.05) is 23.5 Å². The molecule has 2 rings (SSSR count). The number of ether oxygens (including phenoxy) is 1. The Morgan fingerprint density at radius 3 is 2.64 bits per heavy atom. The molecule has 2 aromatic rings. The molecule has 0 fully saturated rings. The van der Waals surface area contributed by atoms with Crippen LogP contribution in [0.1, 0.15) is 40.1 Å². The Morgan fingerprint density at radius 2 is 2.00 bits per heavy atom. The van der Waals surface area contributed by atoms with Crippen molar-refractivity contribution in [3.8, 4) is 0 Å². The van der Waals surface area contributed by atoms with Gasteiger partial charge in [0.1, 0.15) is 6.10 Å². The number of amides is 1. The normalized spacial score (nSPS) is 13.0. The summed E-state index contributed by atoms with van der Waals surface area (Å²) in [5.41, 5.74) is 2.65. The molecule has 6 heteroatoms. The summed E-state index contributed by atoms with van der Waals surface area (Å²) in [4.78, 5) is 28.8. The Labute approximate surface area is 146 Å². The van der Waals surface area contributed by atoms with Crippen LogP contribution in [-0.4, -0.2) is 34.6 Å². The highest BCUT2D eigenvalue weighted by molar-refractivity contribution is 5.98. The van der Waals surface area contributed by atoms with Gasteiger partial charge in [-0.1, -0.05) is 18.2 Å². The molecule has 1 amide bonds. The van der Waals surface area contributed by atoms with Crippen molar-refractivity contribution < 1.29 is 19.4 Å². The second-order valence-electron chi connectivity index (χ2n) is 5.68. The smallest absolute Gasteiger partial charge is 0.331 e. The Balaban J connectivity index is 2.28. The van der Waals surface area contributed by atoms with Gasteiger partial charge in [-0.3, -0.25) is 9.78 Å². The Hall–Kier alpha value is -2.73. The number of esters is 1. The van der Waals surface area contributed by atoms with Gasteiger partial charge in [-0.25, -0.2) is 4.79 Å². The lowest BCUT2D eigenvalue weighted by atomic mass is 10.0. The number of hydrogen-bond donors (Lipinski definition) is 2. The summed E-state index contributed by atoms with van der Waals surface area (Å²) >= 11 is 0. The van der Waals surface area contributed by atoms with Gasteiger partial charge >= 0.3 is 5.97 Å². The molecule has 2 N–H and O–H groups in total. The van der Waals surface area contributed by atoms with E-state index in [1.807, 2.05) is 19.9 Å². The molecule has 0 saturated heterocycles. The van der Waals surface area contributed by atoms with Crippen LogP contribution in [0.5, 0.6) is 0 Å². The maximum atomic E-state index is 12.6. The topological polar surface area (TPSA) is 88.5 Å². The van der Waals surface area contributed by atoms with Gasteiger partial charge in [-0.15, -0.1) is 0 Å². The van der Waals surface area contributed by atoms with Crippen molar-refractivity contribution in [2.75, 3.05) is 6.61 Å². The van der Waals surface area contributed by atoms with Crippen LogP contribution in [0.4, 0.5) is 0 Å². The highest BCUT2D eigenvalue weighted by Gasteiger charge is 2.31. The molecule has 0 spiro atoms. The van der Waals surface area contributed by atoms with E-state index in [2.05, 4.69) is 10.3 Å². The van der Waals surface area contributed by atoms with Crippen LogP contribution in [0, 0.1) is 13.8 Å². The first-order valence-corrected chi connectivity index (χ1v) is 8.07. The van der Waals surface area contributed by atoms with E-state index < -0.39 is 24.0 Å². The fraction of sp³-hybridized carbons (Fsp3) is 0.316. The second-order valence-corrected chi connectivity index (χ2v) is 5.68. The number of nitrogens with one attached hydrogen (secondary N) is 1. The van der Waals surface area contributed by atoms with E-state index in [9.17, 15) is 14.7 Å². The molecule has 0 saturated carbocycles. The van der Waals surface area contributed by atoms with Crippen LogP contribution < -0.4 is 5.32 Å². The van der Waals surface area contributed by atoms with Crippen LogP contribution in [0.2, 0.25) is 0 Å². The highest BCUT2D eigenvalue weighted by Crippen LogP contribution is 2.19. The average molecular weight is 342 g/mol. The summed E-state index contributed by atoms with van der Waals surface area (Å²) in [7, 11) is 0. The Morgan fingerprint density at radius 1 is 1.24 bits per heavy atom. The summed E-state index contributed by atoms with van der Waals surface area (Å²) in [5, 5.41) is 13.1. The zero-order valence-electron chi connectivity index (χ0n) is 14.5. The number of aromatic nitrogens is 1. The molecule has 1 aromatic heterocycles. The lowest BCUT2D eigenvalue weighted by molar-refractivity contribution is -0.148. The molecule has 1 heterocycles. The van der Waals surface area contributed by atoms with Crippen molar-refractivity contribution in [3.05, 3.63) is 65.0 Å². The van der Waals surface area contributed by atoms with E-state index in [4.69, 9.17) is 4.74 Å². The lowest BCUT2D eigenvalue weighted by Gasteiger charge is -2.23. The molecule has 0 aliphatic rings. The number of carbonyl (C=O) groups excluding carboxylic acids is 2. The van der Waals surface area contributed by atoms with E-state index in [-0.39, 0.29) is 6.61 Å². The Bertz CT molecular complexity index is 746. The quantitative estimate of drug-likeness (QED) is 0.785. The molecule has 0 radical (unpaired) electrons. The molecule has 6 nitrogen and oxygen atoms in total. The van der Waals surface area contributed by atoms with Crippen LogP contribution in [-0.2, 0) is 9.53 Å². The first-order chi connectivity index (χ1) is 12.0. The third-order valence-electron chi connectivity index (χ3n) is 4.02. The third-order valence-corrected chi connectivity index (χ3v) is 4.02. The molecule has 0 bridgehead atoms. The monoisotopic (exact) mass is 342 g/mol. The lowest BCUT2D eigenvalue weighted by Crippen LogP contribution is -2.46. The zero-order chi connectivity index (χ0) is 18.4. The van der Waals surface area contributed by atoms with Gasteiger partial charge in [0.05, 0.1) is 6.61 Å². The predicted molar refractivity (Wildman–Crippen MR) is 93.0 cm³/mol. The predicted octanol–water partition coefficient (Wildman–Crippen LogP) is 2.09. The zero-order valence-corrected chi connectivity index (χ0v) is 14.5. The van der Waals surface area contributed by atoms with E-state index in [1.54, 1.807) is 37.4 Å². The van der Waals surface area contributed by atoms with Gasteiger partial charge < -0.3 is 15.2 Å². The first kappa shape index (κ1) is 18.6. The third kappa shape index (κ3) is 4.42. The van der Waals surface area contributed by atoms with E-state index in [0.717, 1.165) is 11.1 Å². The molecule has 0 unspecified atom stereocenters. The number of aliphatic hydroxyl groups excluding tert-OH is 1. The maximum Gasteiger partial charge on any atom is 0.331 e. The summed E-state index contributed by atoms with van der Waals surface area (Å²) < 4.78 is 5.00. The van der Waals surface area contributed by atoms with E-state index >= 15 is 0 Å². The molecule has 2 atom stereocenters. The summed E-state index contributed by atoms with van der Waals surface area (Å²) in [6.07, 6.45) is 1.74. The fourth-order valence-corrected chi connectivity index (χ4v) is 2.46. The molecule has 132 valence electrons. The van der Waals surface area contributed by atoms with Gasteiger partial charge in [0.15, 0.2) is 6.04 Å². The number of rotatable bonds is 6. The second kappa shape index (κ2) is 8.39. The van der Waals surface area contributed by atoms with E-state index in [1.165, 1.54) is 6.20 Å². The minimum Gasteiger partial charge on any atom is -0.464 e. The van der Waals surface area contributed by atoms with Crippen molar-refractivity contribution in [1.82, 2.24) is 10.3 Å². The summed E-state index contributed by atoms with van der Waals surface area (Å²) in [6.45, 7) is 5.55. The van der Waals surface area contributed by atoms with Crippen molar-refractivity contribution in [1.29, 1.82) is 0 Å². The maximum absolute atomic E-state index is 12.6. The number of aliphatic hydroxyl groups is 1. The highest BCUT2D eigenvalue weighted by atomic mass is 16.5. The number of aryl methyl sites for hydroxylation is 1. The molecule has 25 heavy (non-hydrogen) atoms. The Kier molecular flexibility index (Phi) is 6.25. The number of pyridine rings is 1. The number of carbonyl (C=O) groups is 2. The number of hydrogen-bond acceptors (Lipinski definition) is 5. The number of nitrogens with zero attached hydrogens (tertiary/aromatic N) is 1. The van der Waals surface area contributed by atoms with Crippen LogP contribution in [0.3, 0.4) is 0 Å². The van der Waals surface area contributed by atoms with Crippen molar-refractivity contribution in [2.45, 2.75) is 32.9 Å². The van der Waals surface area contributed by atoms with Crippen LogP contribution in [0.25, 0.3) is 0 Å². The van der Waals surface area contributed by atoms with Gasteiger partial charge in [0.25, 0.3) is 5.91 Å². The minimum atomic E-state index is -1.26. The average Bonchev–Trinajstić information content (AvgIpc) is 2.62. The molecule has 0 aliphatic carbocycles.